The van der Waals surface area contributed by atoms with Crippen molar-refractivity contribution in [3.63, 3.8) is 0 Å². The van der Waals surface area contributed by atoms with Crippen molar-refractivity contribution in [1.29, 1.82) is 5.26 Å². The summed E-state index contributed by atoms with van der Waals surface area (Å²) < 4.78 is 12.1. The summed E-state index contributed by atoms with van der Waals surface area (Å²) >= 11 is 1.40. The molecule has 0 amide bonds. The predicted molar refractivity (Wildman–Crippen MR) is 160 cm³/mol. The number of thiophene rings is 1. The van der Waals surface area contributed by atoms with E-state index in [0.29, 0.717) is 40.8 Å². The molecule has 1 N–H and O–H groups in total. The number of benzene rings is 1. The first-order chi connectivity index (χ1) is 20.7. The fourth-order valence-electron chi connectivity index (χ4n) is 6.20. The number of ether oxygens (including phenoxy) is 2. The lowest BCUT2D eigenvalue weighted by atomic mass is 9.78. The molecule has 0 spiro atoms. The molecule has 0 bridgehead atoms. The Hall–Kier alpha value is -4.36. The topological polar surface area (TPSA) is 120 Å². The van der Waals surface area contributed by atoms with E-state index in [1.807, 2.05) is 41.4 Å². The molecular weight excluding hydrogens is 566 g/mol. The highest BCUT2D eigenvalue weighted by Gasteiger charge is 2.49. The molecule has 1 aromatic carbocycles. The summed E-state index contributed by atoms with van der Waals surface area (Å²) in [5.74, 6) is -2.56. The average molecular weight is 600 g/mol. The van der Waals surface area contributed by atoms with E-state index < -0.39 is 23.8 Å². The predicted octanol–water partition coefficient (Wildman–Crippen LogP) is 6.12. The average Bonchev–Trinajstić information content (AvgIpc) is 3.93. The Bertz CT molecular complexity index is 1730. The van der Waals surface area contributed by atoms with E-state index in [9.17, 15) is 24.8 Å². The Morgan fingerprint density at radius 2 is 1.79 bits per heavy atom. The zero-order valence-electron chi connectivity index (χ0n) is 24.6. The standard InChI is InChI=1S/C33H33N3O6S/c1-17-8-13-23(31(37)38)18(2)35(17)36-19(3)26(32(39)41-4)27(25-16-43-30-22(14-34)6-5-7-24(25)30)28(29(36)21-11-12-21)33(40)42-15-20-9-10-20/h5-8,16,20-21,27H,9-13,15H2,1-4H3,(H,37,38). The van der Waals surface area contributed by atoms with E-state index >= 15 is 0 Å². The van der Waals surface area contributed by atoms with E-state index in [1.54, 1.807) is 19.1 Å². The molecule has 1 atom stereocenters. The summed E-state index contributed by atoms with van der Waals surface area (Å²) in [5, 5.41) is 26.1. The maximum atomic E-state index is 14.3. The summed E-state index contributed by atoms with van der Waals surface area (Å²) in [6.45, 7) is 5.77. The summed E-state index contributed by atoms with van der Waals surface area (Å²) in [5.41, 5.74) is 4.68. The molecule has 222 valence electrons. The molecule has 2 saturated carbocycles. The van der Waals surface area contributed by atoms with Gasteiger partial charge in [0.2, 0.25) is 0 Å². The smallest absolute Gasteiger partial charge is 0.336 e. The number of carboxylic acids is 1. The molecule has 1 aromatic heterocycles. The van der Waals surface area contributed by atoms with Gasteiger partial charge < -0.3 is 14.6 Å². The number of fused-ring (bicyclic) bond motifs is 1. The minimum atomic E-state index is -1.02. The van der Waals surface area contributed by atoms with Crippen LogP contribution in [0.5, 0.6) is 0 Å². The second-order valence-corrected chi connectivity index (χ2v) is 12.4. The third kappa shape index (κ3) is 4.91. The molecule has 2 aliphatic carbocycles. The lowest BCUT2D eigenvalue weighted by Crippen LogP contribution is -2.46. The van der Waals surface area contributed by atoms with Crippen molar-refractivity contribution in [3.05, 3.63) is 80.3 Å². The lowest BCUT2D eigenvalue weighted by Gasteiger charge is -2.47. The van der Waals surface area contributed by atoms with Gasteiger partial charge in [-0.25, -0.2) is 14.4 Å². The Morgan fingerprint density at radius 1 is 1.05 bits per heavy atom. The van der Waals surface area contributed by atoms with Crippen molar-refractivity contribution in [2.45, 2.75) is 58.8 Å². The zero-order chi connectivity index (χ0) is 30.6. The number of hydrogen-bond donors (Lipinski definition) is 1. The molecule has 2 fully saturated rings. The van der Waals surface area contributed by atoms with Crippen LogP contribution in [0.15, 0.2) is 69.2 Å². The second kappa shape index (κ2) is 11.0. The first-order valence-corrected chi connectivity index (χ1v) is 15.4. The zero-order valence-corrected chi connectivity index (χ0v) is 25.4. The molecule has 2 aliphatic heterocycles. The largest absolute Gasteiger partial charge is 0.478 e. The Kier molecular flexibility index (Phi) is 7.38. The number of esters is 2. The maximum absolute atomic E-state index is 14.3. The summed E-state index contributed by atoms with van der Waals surface area (Å²) in [6, 6.07) is 7.72. The van der Waals surface area contributed by atoms with E-state index in [4.69, 9.17) is 9.47 Å². The molecule has 4 aliphatic rings. The molecule has 9 nitrogen and oxygen atoms in total. The highest BCUT2D eigenvalue weighted by atomic mass is 32.1. The molecule has 6 rings (SSSR count). The third-order valence-corrected chi connectivity index (χ3v) is 9.78. The molecule has 1 unspecified atom stereocenters. The SMILES string of the molecule is COC(=O)C1=C(C)N(N2C(C)=CCC(C(=O)O)=C2C)C(C2CC2)=C(C(=O)OCC2CC2)C1c1csc2c(C#N)cccc12. The van der Waals surface area contributed by atoms with Crippen LogP contribution in [0.4, 0.5) is 0 Å². The van der Waals surface area contributed by atoms with Gasteiger partial charge in [0, 0.05) is 29.4 Å². The minimum absolute atomic E-state index is 0.00972. The van der Waals surface area contributed by atoms with Crippen molar-refractivity contribution in [1.82, 2.24) is 10.0 Å². The monoisotopic (exact) mass is 599 g/mol. The van der Waals surface area contributed by atoms with Crippen LogP contribution in [0.1, 0.15) is 69.9 Å². The van der Waals surface area contributed by atoms with Gasteiger partial charge in [-0.3, -0.25) is 10.0 Å². The van der Waals surface area contributed by atoms with Crippen LogP contribution in [0.3, 0.4) is 0 Å². The number of allylic oxidation sites excluding steroid dienone is 5. The fourth-order valence-corrected chi connectivity index (χ4v) is 7.26. The Morgan fingerprint density at radius 3 is 2.42 bits per heavy atom. The highest BCUT2D eigenvalue weighted by molar-refractivity contribution is 7.17. The maximum Gasteiger partial charge on any atom is 0.336 e. The first kappa shape index (κ1) is 28.7. The molecule has 0 radical (unpaired) electrons. The third-order valence-electron chi connectivity index (χ3n) is 8.73. The van der Waals surface area contributed by atoms with Crippen LogP contribution in [-0.2, 0) is 23.9 Å². The summed E-state index contributed by atoms with van der Waals surface area (Å²) in [6.07, 6.45) is 5.82. The number of hydrazine groups is 1. The Labute approximate surface area is 253 Å². The second-order valence-electron chi connectivity index (χ2n) is 11.6. The molecule has 0 saturated heterocycles. The molecular formula is C33H33N3O6S. The van der Waals surface area contributed by atoms with Gasteiger partial charge in [0.1, 0.15) is 6.07 Å². The van der Waals surface area contributed by atoms with Gasteiger partial charge in [-0.2, -0.15) is 5.26 Å². The van der Waals surface area contributed by atoms with Gasteiger partial charge in [-0.1, -0.05) is 18.2 Å². The van der Waals surface area contributed by atoms with E-state index in [1.165, 1.54) is 18.4 Å². The molecule has 2 aromatic rings. The van der Waals surface area contributed by atoms with Gasteiger partial charge in [0.15, 0.2) is 0 Å². The van der Waals surface area contributed by atoms with Crippen molar-refractivity contribution in [2.24, 2.45) is 11.8 Å². The van der Waals surface area contributed by atoms with Gasteiger partial charge >= 0.3 is 17.9 Å². The van der Waals surface area contributed by atoms with Crippen molar-refractivity contribution in [3.8, 4) is 6.07 Å². The lowest BCUT2D eigenvalue weighted by molar-refractivity contribution is -0.140. The van der Waals surface area contributed by atoms with Crippen molar-refractivity contribution < 1.29 is 29.0 Å². The normalized spacial score (nSPS) is 20.8. The molecule has 43 heavy (non-hydrogen) atoms. The number of carbonyl (C=O) groups is 3. The van der Waals surface area contributed by atoms with Crippen LogP contribution in [-0.4, -0.2) is 46.7 Å². The van der Waals surface area contributed by atoms with E-state index in [2.05, 4.69) is 6.07 Å². The van der Waals surface area contributed by atoms with Gasteiger partial charge in [-0.05, 0) is 74.8 Å². The summed E-state index contributed by atoms with van der Waals surface area (Å²) in [7, 11) is 1.31. The van der Waals surface area contributed by atoms with Crippen LogP contribution in [0.2, 0.25) is 0 Å². The van der Waals surface area contributed by atoms with E-state index in [-0.39, 0.29) is 23.5 Å². The number of carbonyl (C=O) groups excluding carboxylic acids is 2. The fraction of sp³-hybridized carbons (Fsp3) is 0.394. The number of carboxylic acid groups (broad SMARTS) is 1. The molecule has 10 heteroatoms. The van der Waals surface area contributed by atoms with Crippen LogP contribution >= 0.6 is 11.3 Å². The molecule has 3 heterocycles. The number of aliphatic carboxylic acids is 1. The van der Waals surface area contributed by atoms with Crippen molar-refractivity contribution in [2.75, 3.05) is 13.7 Å². The van der Waals surface area contributed by atoms with Gasteiger partial charge in [0.05, 0.1) is 52.3 Å². The first-order valence-electron chi connectivity index (χ1n) is 14.5. The summed E-state index contributed by atoms with van der Waals surface area (Å²) in [4.78, 5) is 40.3. The van der Waals surface area contributed by atoms with Gasteiger partial charge in [-0.15, -0.1) is 11.3 Å². The Balaban J connectivity index is 1.64. The minimum Gasteiger partial charge on any atom is -0.478 e. The number of nitrogens with zero attached hydrogens (tertiary/aromatic N) is 3. The van der Waals surface area contributed by atoms with Crippen LogP contribution in [0.25, 0.3) is 10.1 Å². The number of hydrogen-bond acceptors (Lipinski definition) is 9. The number of methoxy groups -OCH3 is 1. The number of rotatable bonds is 8. The van der Waals surface area contributed by atoms with Crippen LogP contribution < -0.4 is 0 Å². The van der Waals surface area contributed by atoms with Crippen molar-refractivity contribution >= 4 is 39.3 Å². The van der Waals surface area contributed by atoms with Crippen LogP contribution in [0, 0.1) is 23.2 Å². The number of nitriles is 1. The highest BCUT2D eigenvalue weighted by Crippen LogP contribution is 2.53. The van der Waals surface area contributed by atoms with Gasteiger partial charge in [0.25, 0.3) is 0 Å². The van der Waals surface area contributed by atoms with E-state index in [0.717, 1.165) is 47.0 Å². The quantitative estimate of drug-likeness (QED) is 0.358.